The highest BCUT2D eigenvalue weighted by molar-refractivity contribution is 8.18. The van der Waals surface area contributed by atoms with E-state index in [2.05, 4.69) is 6.92 Å². The molecule has 0 aliphatic carbocycles. The van der Waals surface area contributed by atoms with Gasteiger partial charge in [0.15, 0.2) is 0 Å². The first kappa shape index (κ1) is 15.8. The molecule has 4 nitrogen and oxygen atoms in total. The van der Waals surface area contributed by atoms with Crippen LogP contribution >= 0.6 is 11.8 Å². The van der Waals surface area contributed by atoms with E-state index in [4.69, 9.17) is 4.74 Å². The predicted octanol–water partition coefficient (Wildman–Crippen LogP) is 3.32. The van der Waals surface area contributed by atoms with Crippen LogP contribution in [0.2, 0.25) is 0 Å². The van der Waals surface area contributed by atoms with E-state index in [9.17, 15) is 9.59 Å². The lowest BCUT2D eigenvalue weighted by atomic mass is 10.1. The third-order valence-corrected chi connectivity index (χ3v) is 4.20. The van der Waals surface area contributed by atoms with Crippen LogP contribution in [0, 0.1) is 0 Å². The van der Waals surface area contributed by atoms with E-state index in [-0.39, 0.29) is 11.1 Å². The maximum atomic E-state index is 12.2. The van der Waals surface area contributed by atoms with E-state index in [1.165, 1.54) is 10.5 Å². The van der Waals surface area contributed by atoms with Crippen molar-refractivity contribution in [2.45, 2.75) is 19.8 Å². The molecule has 1 aromatic rings. The second-order valence-electron chi connectivity index (χ2n) is 4.77. The molecule has 112 valence electrons. The number of thioether (sulfide) groups is 1. The molecule has 0 spiro atoms. The van der Waals surface area contributed by atoms with Gasteiger partial charge in [-0.3, -0.25) is 14.5 Å². The van der Waals surface area contributed by atoms with Crippen molar-refractivity contribution in [2.75, 3.05) is 20.3 Å². The summed E-state index contributed by atoms with van der Waals surface area (Å²) in [5.74, 6) is -0.208. The first-order chi connectivity index (χ1) is 10.2. The normalized spacial score (nSPS) is 17.0. The molecule has 1 saturated heterocycles. The van der Waals surface area contributed by atoms with Gasteiger partial charge >= 0.3 is 0 Å². The zero-order chi connectivity index (χ0) is 15.2. The summed E-state index contributed by atoms with van der Waals surface area (Å²) >= 11 is 1.00. The lowest BCUT2D eigenvalue weighted by Gasteiger charge is -2.11. The molecule has 2 amide bonds. The van der Waals surface area contributed by atoms with Crippen molar-refractivity contribution in [3.63, 3.8) is 0 Å². The van der Waals surface area contributed by atoms with Crippen LogP contribution in [-0.4, -0.2) is 36.3 Å². The molecule has 1 aromatic carbocycles. The van der Waals surface area contributed by atoms with Gasteiger partial charge in [-0.1, -0.05) is 31.2 Å². The molecule has 0 aromatic heterocycles. The van der Waals surface area contributed by atoms with Crippen LogP contribution in [0.15, 0.2) is 29.2 Å². The first-order valence-corrected chi connectivity index (χ1v) is 7.80. The largest absolute Gasteiger partial charge is 0.385 e. The minimum atomic E-state index is -0.208. The second kappa shape index (κ2) is 7.43. The van der Waals surface area contributed by atoms with Gasteiger partial charge in [-0.25, -0.2) is 0 Å². The average molecular weight is 305 g/mol. The Bertz CT molecular complexity index is 551. The molecule has 1 heterocycles. The van der Waals surface area contributed by atoms with Gasteiger partial charge in [0.05, 0.1) is 4.91 Å². The smallest absolute Gasteiger partial charge is 0.293 e. The van der Waals surface area contributed by atoms with Crippen LogP contribution in [-0.2, 0) is 16.0 Å². The van der Waals surface area contributed by atoms with Crippen molar-refractivity contribution in [3.05, 3.63) is 40.3 Å². The van der Waals surface area contributed by atoms with Crippen LogP contribution in [0.4, 0.5) is 4.79 Å². The van der Waals surface area contributed by atoms with Crippen molar-refractivity contribution in [1.82, 2.24) is 4.90 Å². The molecule has 1 fully saturated rings. The molecule has 0 bridgehead atoms. The SMILES string of the molecule is CCc1ccc(/C=C2/SC(=O)N(CCCOC)C2=O)cc1. The van der Waals surface area contributed by atoms with Crippen LogP contribution in [0.5, 0.6) is 0 Å². The Kier molecular flexibility index (Phi) is 5.59. The molecule has 5 heteroatoms. The van der Waals surface area contributed by atoms with E-state index < -0.39 is 0 Å². The Morgan fingerprint density at radius 2 is 1.95 bits per heavy atom. The summed E-state index contributed by atoms with van der Waals surface area (Å²) in [6.45, 7) is 3.05. The second-order valence-corrected chi connectivity index (χ2v) is 5.77. The van der Waals surface area contributed by atoms with Gasteiger partial charge in [-0.15, -0.1) is 0 Å². The van der Waals surface area contributed by atoms with Crippen LogP contribution in [0.3, 0.4) is 0 Å². The summed E-state index contributed by atoms with van der Waals surface area (Å²) in [5.41, 5.74) is 2.19. The predicted molar refractivity (Wildman–Crippen MR) is 85.0 cm³/mol. The van der Waals surface area contributed by atoms with E-state index >= 15 is 0 Å². The van der Waals surface area contributed by atoms with Gasteiger partial charge in [-0.2, -0.15) is 0 Å². The van der Waals surface area contributed by atoms with Gasteiger partial charge in [0, 0.05) is 20.3 Å². The zero-order valence-corrected chi connectivity index (χ0v) is 13.1. The minimum Gasteiger partial charge on any atom is -0.385 e. The van der Waals surface area contributed by atoms with Crippen molar-refractivity contribution in [3.8, 4) is 0 Å². The number of nitrogens with zero attached hydrogens (tertiary/aromatic N) is 1. The monoisotopic (exact) mass is 305 g/mol. The van der Waals surface area contributed by atoms with Crippen molar-refractivity contribution < 1.29 is 14.3 Å². The molecule has 1 aliphatic heterocycles. The highest BCUT2D eigenvalue weighted by atomic mass is 32.2. The maximum Gasteiger partial charge on any atom is 0.293 e. The van der Waals surface area contributed by atoms with Gasteiger partial charge in [0.2, 0.25) is 0 Å². The molecule has 0 saturated carbocycles. The van der Waals surface area contributed by atoms with Crippen LogP contribution < -0.4 is 0 Å². The van der Waals surface area contributed by atoms with Crippen molar-refractivity contribution >= 4 is 29.0 Å². The number of methoxy groups -OCH3 is 1. The summed E-state index contributed by atoms with van der Waals surface area (Å²) in [5, 5.41) is -0.201. The maximum absolute atomic E-state index is 12.2. The average Bonchev–Trinajstić information content (AvgIpc) is 2.75. The Morgan fingerprint density at radius 3 is 2.57 bits per heavy atom. The fraction of sp³-hybridized carbons (Fsp3) is 0.375. The molecule has 0 radical (unpaired) electrons. The van der Waals surface area contributed by atoms with Gasteiger partial charge in [0.25, 0.3) is 11.1 Å². The number of ether oxygens (including phenoxy) is 1. The standard InChI is InChI=1S/C16H19NO3S/c1-3-12-5-7-13(8-6-12)11-14-15(18)17(16(19)21-14)9-4-10-20-2/h5-8,11H,3-4,9-10H2,1-2H3/b14-11+. The summed E-state index contributed by atoms with van der Waals surface area (Å²) in [7, 11) is 1.60. The number of hydrogen-bond donors (Lipinski definition) is 0. The number of aryl methyl sites for hydroxylation is 1. The first-order valence-electron chi connectivity index (χ1n) is 6.99. The summed E-state index contributed by atoms with van der Waals surface area (Å²) < 4.78 is 4.95. The minimum absolute atomic E-state index is 0.201. The molecule has 0 atom stereocenters. The van der Waals surface area contributed by atoms with E-state index in [0.717, 1.165) is 23.7 Å². The Labute approximate surface area is 129 Å². The number of hydrogen-bond acceptors (Lipinski definition) is 4. The van der Waals surface area contributed by atoms with Gasteiger partial charge < -0.3 is 4.74 Å². The van der Waals surface area contributed by atoms with E-state index in [1.807, 2.05) is 24.3 Å². The number of benzene rings is 1. The topological polar surface area (TPSA) is 46.6 Å². The fourth-order valence-corrected chi connectivity index (χ4v) is 2.93. The highest BCUT2D eigenvalue weighted by Gasteiger charge is 2.34. The van der Waals surface area contributed by atoms with Crippen molar-refractivity contribution in [1.29, 1.82) is 0 Å². The summed E-state index contributed by atoms with van der Waals surface area (Å²) in [6.07, 6.45) is 3.42. The molecule has 2 rings (SSSR count). The Balaban J connectivity index is 2.08. The molecule has 0 unspecified atom stereocenters. The molecule has 0 N–H and O–H groups in total. The number of carbonyl (C=O) groups excluding carboxylic acids is 2. The number of imide groups is 1. The summed E-state index contributed by atoms with van der Waals surface area (Å²) in [4.78, 5) is 25.9. The third-order valence-electron chi connectivity index (χ3n) is 3.29. The molecule has 1 aliphatic rings. The van der Waals surface area contributed by atoms with Gasteiger partial charge in [-0.05, 0) is 41.8 Å². The third kappa shape index (κ3) is 3.95. The van der Waals surface area contributed by atoms with Crippen LogP contribution in [0.1, 0.15) is 24.5 Å². The number of carbonyl (C=O) groups is 2. The molecular weight excluding hydrogens is 286 g/mol. The van der Waals surface area contributed by atoms with E-state index in [0.29, 0.717) is 24.5 Å². The number of amides is 2. The fourth-order valence-electron chi connectivity index (χ4n) is 2.06. The zero-order valence-electron chi connectivity index (χ0n) is 12.3. The van der Waals surface area contributed by atoms with Gasteiger partial charge in [0.1, 0.15) is 0 Å². The highest BCUT2D eigenvalue weighted by Crippen LogP contribution is 2.32. The quantitative estimate of drug-likeness (QED) is 0.597. The Hall–Kier alpha value is -1.59. The lowest BCUT2D eigenvalue weighted by Crippen LogP contribution is -2.29. The lowest BCUT2D eigenvalue weighted by molar-refractivity contribution is -0.122. The van der Waals surface area contributed by atoms with Crippen LogP contribution in [0.25, 0.3) is 6.08 Å². The number of rotatable bonds is 6. The molecule has 21 heavy (non-hydrogen) atoms. The van der Waals surface area contributed by atoms with E-state index in [1.54, 1.807) is 13.2 Å². The summed E-state index contributed by atoms with van der Waals surface area (Å²) in [6, 6.07) is 8.01. The van der Waals surface area contributed by atoms with Crippen molar-refractivity contribution in [2.24, 2.45) is 0 Å². The molecular formula is C16H19NO3S. The Morgan fingerprint density at radius 1 is 1.24 bits per heavy atom.